The SMILES string of the molecule is CCSc1cccc(N(C)C(C)(C)CC)c1C(N)=S. The zero-order valence-electron chi connectivity index (χ0n) is 12.5. The Morgan fingerprint density at radius 3 is 2.47 bits per heavy atom. The maximum absolute atomic E-state index is 5.96. The maximum Gasteiger partial charge on any atom is 0.107 e. The number of anilines is 1. The van der Waals surface area contributed by atoms with E-state index in [0.29, 0.717) is 4.99 Å². The van der Waals surface area contributed by atoms with Crippen molar-refractivity contribution >= 4 is 34.7 Å². The third-order valence-electron chi connectivity index (χ3n) is 3.69. The molecule has 0 aliphatic carbocycles. The molecule has 19 heavy (non-hydrogen) atoms. The second kappa shape index (κ2) is 6.62. The molecule has 0 radical (unpaired) electrons. The molecule has 0 saturated heterocycles. The van der Waals surface area contributed by atoms with E-state index < -0.39 is 0 Å². The van der Waals surface area contributed by atoms with Gasteiger partial charge in [0.05, 0.1) is 0 Å². The summed E-state index contributed by atoms with van der Waals surface area (Å²) in [5.41, 5.74) is 8.17. The number of nitrogens with zero attached hydrogens (tertiary/aromatic N) is 1. The van der Waals surface area contributed by atoms with Crippen molar-refractivity contribution in [2.45, 2.75) is 44.6 Å². The molecular weight excluding hydrogens is 272 g/mol. The Kier molecular flexibility index (Phi) is 5.68. The van der Waals surface area contributed by atoms with Crippen LogP contribution in [0.1, 0.15) is 39.7 Å². The van der Waals surface area contributed by atoms with Crippen LogP contribution in [0.4, 0.5) is 5.69 Å². The minimum Gasteiger partial charge on any atom is -0.389 e. The molecule has 0 amide bonds. The van der Waals surface area contributed by atoms with Gasteiger partial charge in [0.2, 0.25) is 0 Å². The fraction of sp³-hybridized carbons (Fsp3) is 0.533. The summed E-state index contributed by atoms with van der Waals surface area (Å²) in [4.78, 5) is 3.93. The lowest BCUT2D eigenvalue weighted by Crippen LogP contribution is -2.41. The summed E-state index contributed by atoms with van der Waals surface area (Å²) in [6, 6.07) is 6.28. The van der Waals surface area contributed by atoms with E-state index in [1.54, 1.807) is 11.8 Å². The normalized spacial score (nSPS) is 11.4. The average Bonchev–Trinajstić information content (AvgIpc) is 2.37. The minimum absolute atomic E-state index is 0.0784. The van der Waals surface area contributed by atoms with E-state index in [0.717, 1.165) is 23.4 Å². The zero-order valence-corrected chi connectivity index (χ0v) is 14.1. The summed E-state index contributed by atoms with van der Waals surface area (Å²) >= 11 is 7.05. The Bertz CT molecular complexity index is 455. The van der Waals surface area contributed by atoms with E-state index in [9.17, 15) is 0 Å². The van der Waals surface area contributed by atoms with Crippen molar-refractivity contribution in [1.82, 2.24) is 0 Å². The zero-order chi connectivity index (χ0) is 14.6. The average molecular weight is 297 g/mol. The van der Waals surface area contributed by atoms with Crippen LogP contribution in [-0.4, -0.2) is 23.3 Å². The van der Waals surface area contributed by atoms with Gasteiger partial charge in [-0.25, -0.2) is 0 Å². The van der Waals surface area contributed by atoms with Crippen LogP contribution in [0.15, 0.2) is 23.1 Å². The molecule has 0 aromatic heterocycles. The summed E-state index contributed by atoms with van der Waals surface area (Å²) in [6.07, 6.45) is 1.06. The number of thioether (sulfide) groups is 1. The molecule has 0 aliphatic rings. The van der Waals surface area contributed by atoms with Crippen LogP contribution in [0, 0.1) is 0 Å². The molecule has 0 spiro atoms. The van der Waals surface area contributed by atoms with Crippen molar-refractivity contribution in [3.8, 4) is 0 Å². The van der Waals surface area contributed by atoms with Gasteiger partial charge < -0.3 is 10.6 Å². The highest BCUT2D eigenvalue weighted by Gasteiger charge is 2.25. The van der Waals surface area contributed by atoms with Crippen LogP contribution in [0.3, 0.4) is 0 Å². The Morgan fingerprint density at radius 2 is 2.00 bits per heavy atom. The molecule has 2 nitrogen and oxygen atoms in total. The standard InChI is InChI=1S/C15H24N2S2/c1-6-15(3,4)17(5)11-9-8-10-12(19-7-2)13(11)14(16)18/h8-10H,6-7H2,1-5H3,(H2,16,18). The lowest BCUT2D eigenvalue weighted by molar-refractivity contribution is 0.470. The predicted octanol–water partition coefficient (Wildman–Crippen LogP) is 4.06. The maximum atomic E-state index is 5.96. The van der Waals surface area contributed by atoms with Crippen LogP contribution in [0.25, 0.3) is 0 Å². The van der Waals surface area contributed by atoms with Crippen molar-refractivity contribution in [3.63, 3.8) is 0 Å². The second-order valence-corrected chi connectivity index (χ2v) is 6.92. The van der Waals surface area contributed by atoms with Crippen LogP contribution in [0.5, 0.6) is 0 Å². The lowest BCUT2D eigenvalue weighted by atomic mass is 9.98. The molecule has 1 aromatic carbocycles. The van der Waals surface area contributed by atoms with Gasteiger partial charge in [0.1, 0.15) is 4.99 Å². The van der Waals surface area contributed by atoms with Gasteiger partial charge in [-0.05, 0) is 38.2 Å². The summed E-state index contributed by atoms with van der Waals surface area (Å²) in [7, 11) is 2.11. The summed E-state index contributed by atoms with van der Waals surface area (Å²) < 4.78 is 0. The minimum atomic E-state index is 0.0784. The first-order valence-corrected chi connectivity index (χ1v) is 8.04. The highest BCUT2D eigenvalue weighted by Crippen LogP contribution is 2.34. The number of rotatable bonds is 6. The number of hydrogen-bond donors (Lipinski definition) is 1. The van der Waals surface area contributed by atoms with Gasteiger partial charge in [0, 0.05) is 28.7 Å². The van der Waals surface area contributed by atoms with E-state index >= 15 is 0 Å². The van der Waals surface area contributed by atoms with Crippen LogP contribution >= 0.6 is 24.0 Å². The largest absolute Gasteiger partial charge is 0.389 e. The van der Waals surface area contributed by atoms with Gasteiger partial charge in [-0.2, -0.15) is 0 Å². The van der Waals surface area contributed by atoms with Gasteiger partial charge >= 0.3 is 0 Å². The Morgan fingerprint density at radius 1 is 1.37 bits per heavy atom. The molecule has 1 rings (SSSR count). The molecule has 0 aliphatic heterocycles. The van der Waals surface area contributed by atoms with Crippen molar-refractivity contribution in [3.05, 3.63) is 23.8 Å². The summed E-state index contributed by atoms with van der Waals surface area (Å²) in [5.74, 6) is 1.01. The van der Waals surface area contributed by atoms with Gasteiger partial charge in [-0.15, -0.1) is 11.8 Å². The van der Waals surface area contributed by atoms with Crippen molar-refractivity contribution in [2.75, 3.05) is 17.7 Å². The topological polar surface area (TPSA) is 29.3 Å². The van der Waals surface area contributed by atoms with E-state index in [4.69, 9.17) is 18.0 Å². The van der Waals surface area contributed by atoms with Crippen molar-refractivity contribution in [1.29, 1.82) is 0 Å². The molecule has 0 fully saturated rings. The van der Waals surface area contributed by atoms with Crippen LogP contribution in [-0.2, 0) is 0 Å². The van der Waals surface area contributed by atoms with E-state index in [1.807, 2.05) is 0 Å². The third-order valence-corrected chi connectivity index (χ3v) is 4.83. The lowest BCUT2D eigenvalue weighted by Gasteiger charge is -2.38. The quantitative estimate of drug-likeness (QED) is 0.633. The highest BCUT2D eigenvalue weighted by atomic mass is 32.2. The van der Waals surface area contributed by atoms with Gasteiger partial charge in [-0.3, -0.25) is 0 Å². The third kappa shape index (κ3) is 3.63. The predicted molar refractivity (Wildman–Crippen MR) is 91.5 cm³/mol. The van der Waals surface area contributed by atoms with E-state index in [-0.39, 0.29) is 5.54 Å². The highest BCUT2D eigenvalue weighted by molar-refractivity contribution is 7.99. The molecule has 0 unspecified atom stereocenters. The number of thiocarbonyl (C=S) groups is 1. The molecule has 0 saturated carbocycles. The van der Waals surface area contributed by atoms with Gasteiger partial charge in [-0.1, -0.05) is 32.1 Å². The molecule has 4 heteroatoms. The first-order valence-electron chi connectivity index (χ1n) is 6.64. The van der Waals surface area contributed by atoms with Gasteiger partial charge in [0.15, 0.2) is 0 Å². The fourth-order valence-corrected chi connectivity index (χ4v) is 3.01. The van der Waals surface area contributed by atoms with Crippen LogP contribution in [0.2, 0.25) is 0 Å². The number of benzene rings is 1. The Hall–Kier alpha value is -0.740. The monoisotopic (exact) mass is 296 g/mol. The van der Waals surface area contributed by atoms with Crippen molar-refractivity contribution in [2.24, 2.45) is 5.73 Å². The van der Waals surface area contributed by atoms with E-state index in [2.05, 4.69) is 57.8 Å². The van der Waals surface area contributed by atoms with Gasteiger partial charge in [0.25, 0.3) is 0 Å². The molecule has 106 valence electrons. The summed E-state index contributed by atoms with van der Waals surface area (Å²) in [5, 5.41) is 0. The number of nitrogens with two attached hydrogens (primary N) is 1. The molecule has 0 atom stereocenters. The Labute approximate surface area is 126 Å². The van der Waals surface area contributed by atoms with Crippen molar-refractivity contribution < 1.29 is 0 Å². The summed E-state index contributed by atoms with van der Waals surface area (Å²) in [6.45, 7) is 8.80. The smallest absolute Gasteiger partial charge is 0.107 e. The van der Waals surface area contributed by atoms with Crippen LogP contribution < -0.4 is 10.6 Å². The van der Waals surface area contributed by atoms with E-state index in [1.165, 1.54) is 4.90 Å². The molecule has 0 bridgehead atoms. The molecule has 0 heterocycles. The first kappa shape index (κ1) is 16.3. The second-order valence-electron chi connectivity index (χ2n) is 5.17. The molecular formula is C15H24N2S2. The number of hydrogen-bond acceptors (Lipinski definition) is 3. The fourth-order valence-electron chi connectivity index (χ4n) is 1.89. The molecule has 2 N–H and O–H groups in total. The Balaban J connectivity index is 3.35. The first-order chi connectivity index (χ1) is 8.85. The molecule has 1 aromatic rings.